The third-order valence-corrected chi connectivity index (χ3v) is 12.3. The number of hydrogen-bond donors (Lipinski definition) is 0. The number of hydrogen-bond acceptors (Lipinski definition) is 3. The van der Waals surface area contributed by atoms with Crippen molar-refractivity contribution >= 4 is 10.9 Å². The smallest absolute Gasteiger partial charge is 0.160 e. The molecule has 61 heavy (non-hydrogen) atoms. The highest BCUT2D eigenvalue weighted by molar-refractivity contribution is 6.02. The Bertz CT molecular complexity index is 3170. The van der Waals surface area contributed by atoms with Gasteiger partial charge in [0.2, 0.25) is 0 Å². The van der Waals surface area contributed by atoms with Gasteiger partial charge in [0, 0.05) is 33.1 Å². The van der Waals surface area contributed by atoms with Crippen molar-refractivity contribution in [2.45, 2.75) is 19.3 Å². The van der Waals surface area contributed by atoms with E-state index < -0.39 is 0 Å². The molecule has 0 spiro atoms. The highest BCUT2D eigenvalue weighted by atomic mass is 14.9. The second-order valence-electron chi connectivity index (χ2n) is 16.4. The molecule has 1 aliphatic rings. The summed E-state index contributed by atoms with van der Waals surface area (Å²) >= 11 is 0. The third-order valence-electron chi connectivity index (χ3n) is 12.3. The Labute approximate surface area is 356 Å². The molecule has 10 aromatic rings. The maximum absolute atomic E-state index is 5.46. The zero-order chi connectivity index (χ0) is 40.9. The molecule has 8 aromatic carbocycles. The van der Waals surface area contributed by atoms with E-state index in [0.717, 1.165) is 66.9 Å². The topological polar surface area (TPSA) is 38.7 Å². The van der Waals surface area contributed by atoms with Crippen molar-refractivity contribution in [1.29, 1.82) is 0 Å². The van der Waals surface area contributed by atoms with E-state index in [4.69, 9.17) is 15.0 Å². The predicted molar refractivity (Wildman–Crippen MR) is 253 cm³/mol. The van der Waals surface area contributed by atoms with Crippen LogP contribution in [0.2, 0.25) is 0 Å². The van der Waals surface area contributed by atoms with E-state index in [1.807, 2.05) is 36.4 Å². The van der Waals surface area contributed by atoms with Crippen LogP contribution in [0.4, 0.5) is 0 Å². The van der Waals surface area contributed by atoms with Crippen molar-refractivity contribution in [3.63, 3.8) is 0 Å². The van der Waals surface area contributed by atoms with Gasteiger partial charge < -0.3 is 0 Å². The summed E-state index contributed by atoms with van der Waals surface area (Å²) in [6.07, 6.45) is 0. The fourth-order valence-electron chi connectivity index (χ4n) is 9.12. The normalized spacial score (nSPS) is 12.6. The lowest BCUT2D eigenvalue weighted by atomic mass is 9.82. The molecular weight excluding hydrogens is 739 g/mol. The lowest BCUT2D eigenvalue weighted by Gasteiger charge is -2.22. The van der Waals surface area contributed by atoms with Gasteiger partial charge in [-0.2, -0.15) is 0 Å². The predicted octanol–water partition coefficient (Wildman–Crippen LogP) is 15.0. The second kappa shape index (κ2) is 14.8. The largest absolute Gasteiger partial charge is 0.248 e. The second-order valence-corrected chi connectivity index (χ2v) is 16.4. The summed E-state index contributed by atoms with van der Waals surface area (Å²) in [7, 11) is 0. The highest BCUT2D eigenvalue weighted by Gasteiger charge is 2.36. The standard InChI is InChI=1S/C58H41N3/c1-58(2)51-25-15-14-23-46(51)49-34-50-48(35-55(59-56(50)36-52(49)58)47-24-13-12-22-45(47)40-16-6-3-7-17-40)41-30-26-38(27-31-41)39-28-32-44(33-29-39)57-60-53(42-18-8-4-9-19-42)37-54(61-57)43-20-10-5-11-21-43/h3-37H,1-2H3. The van der Waals surface area contributed by atoms with E-state index >= 15 is 0 Å². The average Bonchev–Trinajstić information content (AvgIpc) is 3.56. The molecule has 0 saturated heterocycles. The first-order chi connectivity index (χ1) is 30.0. The molecule has 0 N–H and O–H groups in total. The van der Waals surface area contributed by atoms with Crippen LogP contribution in [0.3, 0.4) is 0 Å². The molecule has 0 bridgehead atoms. The number of nitrogens with zero attached hydrogens (tertiary/aromatic N) is 3. The Morgan fingerprint density at radius 2 is 0.770 bits per heavy atom. The lowest BCUT2D eigenvalue weighted by Crippen LogP contribution is -2.14. The zero-order valence-corrected chi connectivity index (χ0v) is 34.0. The van der Waals surface area contributed by atoms with Gasteiger partial charge >= 0.3 is 0 Å². The van der Waals surface area contributed by atoms with Gasteiger partial charge in [0.05, 0.1) is 22.6 Å². The Morgan fingerprint density at radius 1 is 0.295 bits per heavy atom. The Hall–Kier alpha value is -7.75. The number of pyridine rings is 1. The number of benzene rings is 8. The minimum atomic E-state index is -0.127. The molecule has 0 fully saturated rings. The van der Waals surface area contributed by atoms with Crippen molar-refractivity contribution in [2.24, 2.45) is 0 Å². The monoisotopic (exact) mass is 779 g/mol. The van der Waals surface area contributed by atoms with Crippen molar-refractivity contribution in [1.82, 2.24) is 15.0 Å². The van der Waals surface area contributed by atoms with Gasteiger partial charge in [-0.1, -0.05) is 202 Å². The fourth-order valence-corrected chi connectivity index (χ4v) is 9.12. The Morgan fingerprint density at radius 3 is 1.38 bits per heavy atom. The summed E-state index contributed by atoms with van der Waals surface area (Å²) in [5.74, 6) is 0.703. The van der Waals surface area contributed by atoms with Crippen LogP contribution < -0.4 is 0 Å². The minimum absolute atomic E-state index is 0.127. The van der Waals surface area contributed by atoms with Crippen LogP contribution >= 0.6 is 0 Å². The quantitative estimate of drug-likeness (QED) is 0.162. The molecular formula is C58H41N3. The number of aromatic nitrogens is 3. The number of fused-ring (bicyclic) bond motifs is 4. The van der Waals surface area contributed by atoms with Gasteiger partial charge in [-0.15, -0.1) is 0 Å². The fraction of sp³-hybridized carbons (Fsp3) is 0.0517. The van der Waals surface area contributed by atoms with Crippen LogP contribution in [-0.2, 0) is 5.41 Å². The van der Waals surface area contributed by atoms with E-state index in [-0.39, 0.29) is 5.41 Å². The van der Waals surface area contributed by atoms with Gasteiger partial charge in [-0.3, -0.25) is 0 Å². The molecule has 2 aromatic heterocycles. The maximum Gasteiger partial charge on any atom is 0.160 e. The van der Waals surface area contributed by atoms with E-state index in [0.29, 0.717) is 5.82 Å². The van der Waals surface area contributed by atoms with Crippen LogP contribution in [0.5, 0.6) is 0 Å². The van der Waals surface area contributed by atoms with Crippen molar-refractivity contribution < 1.29 is 0 Å². The van der Waals surface area contributed by atoms with E-state index in [1.54, 1.807) is 0 Å². The van der Waals surface area contributed by atoms with Crippen molar-refractivity contribution in [2.75, 3.05) is 0 Å². The Balaban J connectivity index is 0.997. The molecule has 3 nitrogen and oxygen atoms in total. The molecule has 0 saturated carbocycles. The van der Waals surface area contributed by atoms with Gasteiger partial charge in [0.1, 0.15) is 0 Å². The molecule has 1 aliphatic carbocycles. The van der Waals surface area contributed by atoms with Crippen LogP contribution in [0.1, 0.15) is 25.0 Å². The minimum Gasteiger partial charge on any atom is -0.248 e. The first kappa shape index (κ1) is 36.3. The van der Waals surface area contributed by atoms with Crippen LogP contribution in [0, 0.1) is 0 Å². The Kier molecular flexibility index (Phi) is 8.82. The molecule has 0 aliphatic heterocycles. The molecule has 0 unspecified atom stereocenters. The molecule has 0 atom stereocenters. The van der Waals surface area contributed by atoms with Crippen molar-refractivity contribution in [3.05, 3.63) is 223 Å². The van der Waals surface area contributed by atoms with Gasteiger partial charge in [0.15, 0.2) is 5.82 Å². The van der Waals surface area contributed by atoms with E-state index in [9.17, 15) is 0 Å². The van der Waals surface area contributed by atoms with E-state index in [1.165, 1.54) is 38.9 Å². The summed E-state index contributed by atoms with van der Waals surface area (Å²) < 4.78 is 0. The summed E-state index contributed by atoms with van der Waals surface area (Å²) in [5.41, 5.74) is 20.1. The van der Waals surface area contributed by atoms with Gasteiger partial charge in [-0.25, -0.2) is 15.0 Å². The summed E-state index contributed by atoms with van der Waals surface area (Å²) in [4.78, 5) is 15.6. The third kappa shape index (κ3) is 6.52. The summed E-state index contributed by atoms with van der Waals surface area (Å²) in [5, 5.41) is 1.15. The summed E-state index contributed by atoms with van der Waals surface area (Å²) in [6.45, 7) is 4.67. The zero-order valence-electron chi connectivity index (χ0n) is 34.0. The molecule has 288 valence electrons. The average molecular weight is 780 g/mol. The number of rotatable bonds is 7. The molecule has 11 rings (SSSR count). The molecule has 0 radical (unpaired) electrons. The molecule has 2 heterocycles. The first-order valence-electron chi connectivity index (χ1n) is 20.9. The van der Waals surface area contributed by atoms with Crippen LogP contribution in [0.25, 0.3) is 101 Å². The van der Waals surface area contributed by atoms with Gasteiger partial charge in [-0.05, 0) is 79.9 Å². The molecule has 3 heteroatoms. The van der Waals surface area contributed by atoms with Gasteiger partial charge in [0.25, 0.3) is 0 Å². The lowest BCUT2D eigenvalue weighted by molar-refractivity contribution is 0.661. The van der Waals surface area contributed by atoms with Crippen LogP contribution in [0.15, 0.2) is 212 Å². The maximum atomic E-state index is 5.46. The first-order valence-corrected chi connectivity index (χ1v) is 20.9. The van der Waals surface area contributed by atoms with Crippen LogP contribution in [-0.4, -0.2) is 15.0 Å². The molecule has 0 amide bonds. The summed E-state index contributed by atoms with van der Waals surface area (Å²) in [6, 6.07) is 75.4. The SMILES string of the molecule is CC1(C)c2ccccc2-c2cc3c(-c4ccc(-c5ccc(-c6nc(-c7ccccc7)cc(-c7ccccc7)n6)cc5)cc4)cc(-c4ccccc4-c4ccccc4)nc3cc21. The highest BCUT2D eigenvalue weighted by Crippen LogP contribution is 2.51. The van der Waals surface area contributed by atoms with E-state index in [2.05, 4.69) is 190 Å². The van der Waals surface area contributed by atoms with Crippen molar-refractivity contribution in [3.8, 4) is 89.7 Å².